The number of nitrogens with one attached hydrogen (secondary N) is 1. The zero-order valence-corrected chi connectivity index (χ0v) is 11.1. The van der Waals surface area contributed by atoms with Gasteiger partial charge >= 0.3 is 6.18 Å². The van der Waals surface area contributed by atoms with Crippen molar-refractivity contribution < 1.29 is 18.0 Å². The minimum atomic E-state index is -4.52. The first-order valence-corrected chi connectivity index (χ1v) is 6.01. The number of amides is 1. The number of hydrogen-bond acceptors (Lipinski definition) is 3. The molecule has 3 N–H and O–H groups in total. The maximum Gasteiger partial charge on any atom is 0.416 e. The molecule has 0 saturated carbocycles. The van der Waals surface area contributed by atoms with E-state index in [2.05, 4.69) is 10.4 Å². The van der Waals surface area contributed by atoms with Crippen LogP contribution in [0.25, 0.3) is 0 Å². The predicted molar refractivity (Wildman–Crippen MR) is 70.2 cm³/mol. The number of aromatic nitrogens is 2. The summed E-state index contributed by atoms with van der Waals surface area (Å²) in [5.41, 5.74) is 5.02. The van der Waals surface area contributed by atoms with Crippen molar-refractivity contribution in [3.63, 3.8) is 0 Å². The largest absolute Gasteiger partial charge is 0.416 e. The molecule has 0 fully saturated rings. The number of halogens is 3. The first kappa shape index (κ1) is 14.9. The highest BCUT2D eigenvalue weighted by molar-refractivity contribution is 5.99. The summed E-state index contributed by atoms with van der Waals surface area (Å²) in [5, 5.41) is 6.53. The zero-order valence-electron chi connectivity index (χ0n) is 11.1. The van der Waals surface area contributed by atoms with Gasteiger partial charge < -0.3 is 11.1 Å². The van der Waals surface area contributed by atoms with Gasteiger partial charge in [0.1, 0.15) is 0 Å². The van der Waals surface area contributed by atoms with E-state index in [1.807, 2.05) is 0 Å². The zero-order chi connectivity index (χ0) is 15.6. The first-order valence-electron chi connectivity index (χ1n) is 6.01. The second kappa shape index (κ2) is 5.47. The fourth-order valence-electron chi connectivity index (χ4n) is 1.75. The molecule has 0 aliphatic heterocycles. The average Bonchev–Trinajstić information content (AvgIpc) is 2.81. The van der Waals surface area contributed by atoms with Crippen LogP contribution in [0.1, 0.15) is 21.6 Å². The molecular weight excluding hydrogens is 285 g/mol. The number of anilines is 1. The number of nitrogen functional groups attached to an aromatic ring is 1. The van der Waals surface area contributed by atoms with Crippen molar-refractivity contribution in [2.75, 3.05) is 5.73 Å². The van der Waals surface area contributed by atoms with Crippen molar-refractivity contribution >= 4 is 11.6 Å². The second-order valence-electron chi connectivity index (χ2n) is 4.46. The Labute approximate surface area is 118 Å². The molecule has 0 bridgehead atoms. The van der Waals surface area contributed by atoms with Gasteiger partial charge in [-0.25, -0.2) is 0 Å². The minimum absolute atomic E-state index is 0.0125. The maximum atomic E-state index is 12.6. The quantitative estimate of drug-likeness (QED) is 0.851. The molecule has 2 aromatic rings. The molecule has 21 heavy (non-hydrogen) atoms. The van der Waals surface area contributed by atoms with Crippen LogP contribution in [0.3, 0.4) is 0 Å². The molecule has 0 aliphatic rings. The predicted octanol–water partition coefficient (Wildman–Crippen LogP) is 1.95. The SMILES string of the molecule is Cn1ccc(CNC(=O)c2cc(C(F)(F)F)ccc2N)n1. The van der Waals surface area contributed by atoms with Crippen molar-refractivity contribution in [3.8, 4) is 0 Å². The molecule has 0 atom stereocenters. The van der Waals surface area contributed by atoms with Gasteiger partial charge in [0.25, 0.3) is 5.91 Å². The molecule has 1 aromatic heterocycles. The van der Waals surface area contributed by atoms with E-state index in [0.717, 1.165) is 18.2 Å². The van der Waals surface area contributed by atoms with E-state index in [1.165, 1.54) is 0 Å². The summed E-state index contributed by atoms with van der Waals surface area (Å²) in [6, 6.07) is 4.34. The van der Waals surface area contributed by atoms with Crippen LogP contribution in [0, 0.1) is 0 Å². The topological polar surface area (TPSA) is 72.9 Å². The van der Waals surface area contributed by atoms with E-state index in [0.29, 0.717) is 5.69 Å². The monoisotopic (exact) mass is 298 g/mol. The number of rotatable bonds is 3. The molecular formula is C13H13F3N4O. The number of aryl methyl sites for hydroxylation is 1. The van der Waals surface area contributed by atoms with Gasteiger partial charge in [-0.3, -0.25) is 9.48 Å². The average molecular weight is 298 g/mol. The first-order chi connectivity index (χ1) is 9.77. The standard InChI is InChI=1S/C13H13F3N4O/c1-20-5-4-9(19-20)7-18-12(21)10-6-8(13(14,15)16)2-3-11(10)17/h2-6H,7,17H2,1H3,(H,18,21). The van der Waals surface area contributed by atoms with Gasteiger partial charge in [0.15, 0.2) is 0 Å². The van der Waals surface area contributed by atoms with Crippen LogP contribution < -0.4 is 11.1 Å². The van der Waals surface area contributed by atoms with Gasteiger partial charge in [-0.05, 0) is 24.3 Å². The smallest absolute Gasteiger partial charge is 0.398 e. The highest BCUT2D eigenvalue weighted by Crippen LogP contribution is 2.31. The normalized spacial score (nSPS) is 11.4. The van der Waals surface area contributed by atoms with Gasteiger partial charge in [-0.15, -0.1) is 0 Å². The summed E-state index contributed by atoms with van der Waals surface area (Å²) >= 11 is 0. The van der Waals surface area contributed by atoms with Crippen molar-refractivity contribution in [1.82, 2.24) is 15.1 Å². The molecule has 0 spiro atoms. The van der Waals surface area contributed by atoms with E-state index in [4.69, 9.17) is 5.73 Å². The summed E-state index contributed by atoms with van der Waals surface area (Å²) in [7, 11) is 1.72. The maximum absolute atomic E-state index is 12.6. The van der Waals surface area contributed by atoms with E-state index >= 15 is 0 Å². The number of alkyl halides is 3. The molecule has 0 aliphatic carbocycles. The summed E-state index contributed by atoms with van der Waals surface area (Å²) in [4.78, 5) is 11.9. The van der Waals surface area contributed by atoms with E-state index in [-0.39, 0.29) is 17.8 Å². The third kappa shape index (κ3) is 3.53. The fraction of sp³-hybridized carbons (Fsp3) is 0.231. The summed E-state index contributed by atoms with van der Waals surface area (Å²) in [6.07, 6.45) is -2.83. The van der Waals surface area contributed by atoms with E-state index < -0.39 is 17.6 Å². The van der Waals surface area contributed by atoms with E-state index in [1.54, 1.807) is 24.0 Å². The number of nitrogens with two attached hydrogens (primary N) is 1. The van der Waals surface area contributed by atoms with Crippen LogP contribution in [0.2, 0.25) is 0 Å². The minimum Gasteiger partial charge on any atom is -0.398 e. The number of carbonyl (C=O) groups is 1. The molecule has 1 amide bonds. The van der Waals surface area contributed by atoms with Crippen molar-refractivity contribution in [1.29, 1.82) is 0 Å². The van der Waals surface area contributed by atoms with Crippen LogP contribution in [-0.2, 0) is 19.8 Å². The molecule has 1 heterocycles. The van der Waals surface area contributed by atoms with Crippen LogP contribution >= 0.6 is 0 Å². The number of carbonyl (C=O) groups excluding carboxylic acids is 1. The lowest BCUT2D eigenvalue weighted by Gasteiger charge is -2.11. The van der Waals surface area contributed by atoms with Crippen LogP contribution in [0.5, 0.6) is 0 Å². The highest BCUT2D eigenvalue weighted by Gasteiger charge is 2.31. The lowest BCUT2D eigenvalue weighted by molar-refractivity contribution is -0.137. The Morgan fingerprint density at radius 1 is 1.38 bits per heavy atom. The Bertz CT molecular complexity index is 664. The van der Waals surface area contributed by atoms with Crippen molar-refractivity contribution in [3.05, 3.63) is 47.3 Å². The van der Waals surface area contributed by atoms with Gasteiger partial charge in [0, 0.05) is 18.9 Å². The van der Waals surface area contributed by atoms with Crippen LogP contribution in [0.15, 0.2) is 30.5 Å². The molecule has 5 nitrogen and oxygen atoms in total. The molecule has 1 aromatic carbocycles. The van der Waals surface area contributed by atoms with Gasteiger partial charge in [0.05, 0.1) is 23.4 Å². The Morgan fingerprint density at radius 3 is 2.67 bits per heavy atom. The Kier molecular flexibility index (Phi) is 3.88. The Balaban J connectivity index is 2.15. The Hall–Kier alpha value is -2.51. The van der Waals surface area contributed by atoms with Gasteiger partial charge in [0.2, 0.25) is 0 Å². The van der Waals surface area contributed by atoms with Crippen LogP contribution in [0.4, 0.5) is 18.9 Å². The molecule has 0 radical (unpaired) electrons. The summed E-state index contributed by atoms with van der Waals surface area (Å²) < 4.78 is 39.4. The highest BCUT2D eigenvalue weighted by atomic mass is 19.4. The number of benzene rings is 1. The molecule has 8 heteroatoms. The summed E-state index contributed by atoms with van der Waals surface area (Å²) in [5.74, 6) is -0.677. The lowest BCUT2D eigenvalue weighted by Crippen LogP contribution is -2.24. The lowest BCUT2D eigenvalue weighted by atomic mass is 10.1. The third-order valence-electron chi connectivity index (χ3n) is 2.82. The molecule has 0 saturated heterocycles. The van der Waals surface area contributed by atoms with Gasteiger partial charge in [-0.2, -0.15) is 18.3 Å². The molecule has 2 rings (SSSR count). The van der Waals surface area contributed by atoms with Gasteiger partial charge in [-0.1, -0.05) is 0 Å². The fourth-order valence-corrected chi connectivity index (χ4v) is 1.75. The number of hydrogen-bond donors (Lipinski definition) is 2. The van der Waals surface area contributed by atoms with Crippen LogP contribution in [-0.4, -0.2) is 15.7 Å². The molecule has 0 unspecified atom stereocenters. The van der Waals surface area contributed by atoms with E-state index in [9.17, 15) is 18.0 Å². The third-order valence-corrected chi connectivity index (χ3v) is 2.82. The summed E-state index contributed by atoms with van der Waals surface area (Å²) in [6.45, 7) is 0.107. The second-order valence-corrected chi connectivity index (χ2v) is 4.46. The molecule has 112 valence electrons. The Morgan fingerprint density at radius 2 is 2.10 bits per heavy atom. The van der Waals surface area contributed by atoms with Crippen molar-refractivity contribution in [2.45, 2.75) is 12.7 Å². The number of nitrogens with zero attached hydrogens (tertiary/aromatic N) is 2. The van der Waals surface area contributed by atoms with Crippen molar-refractivity contribution in [2.24, 2.45) is 7.05 Å².